The van der Waals surface area contributed by atoms with Crippen molar-refractivity contribution in [3.8, 4) is 0 Å². The van der Waals surface area contributed by atoms with Crippen LogP contribution >= 0.6 is 0 Å². The summed E-state index contributed by atoms with van der Waals surface area (Å²) in [4.78, 5) is 0. The molecule has 0 aliphatic carbocycles. The van der Waals surface area contributed by atoms with Gasteiger partial charge in [0.05, 0.1) is 0 Å². The van der Waals surface area contributed by atoms with Crippen LogP contribution in [0.5, 0.6) is 0 Å². The molecule has 19 heavy (non-hydrogen) atoms. The molecule has 1 rings (SSSR count). The molecule has 0 radical (unpaired) electrons. The molecule has 0 saturated carbocycles. The van der Waals surface area contributed by atoms with Gasteiger partial charge in [0.1, 0.15) is 0 Å². The van der Waals surface area contributed by atoms with Gasteiger partial charge in [-0.3, -0.25) is 0 Å². The van der Waals surface area contributed by atoms with Gasteiger partial charge in [0.15, 0.2) is 0 Å². The van der Waals surface area contributed by atoms with Gasteiger partial charge in [0, 0.05) is 26.2 Å². The van der Waals surface area contributed by atoms with Crippen molar-refractivity contribution >= 4 is 0 Å². The standard InChI is InChI=1S/C17H29NO/c1-13(2)10-18-11-17(15(4)12-19-5)16-9-7-6-8-14(16)3/h6-9,13,15,17-18H,10-12H2,1-5H3. The van der Waals surface area contributed by atoms with Gasteiger partial charge in [-0.15, -0.1) is 0 Å². The van der Waals surface area contributed by atoms with Crippen LogP contribution in [0.2, 0.25) is 0 Å². The largest absolute Gasteiger partial charge is 0.384 e. The summed E-state index contributed by atoms with van der Waals surface area (Å²) in [7, 11) is 1.78. The minimum atomic E-state index is 0.514. The first-order valence-electron chi connectivity index (χ1n) is 7.31. The normalized spacial score (nSPS) is 14.6. The maximum absolute atomic E-state index is 5.35. The molecule has 0 amide bonds. The molecule has 0 spiro atoms. The SMILES string of the molecule is COCC(C)C(CNCC(C)C)c1ccccc1C. The lowest BCUT2D eigenvalue weighted by Gasteiger charge is -2.26. The fourth-order valence-corrected chi connectivity index (χ4v) is 2.53. The number of rotatable bonds is 8. The van der Waals surface area contributed by atoms with Gasteiger partial charge < -0.3 is 10.1 Å². The van der Waals surface area contributed by atoms with Crippen molar-refractivity contribution < 1.29 is 4.74 Å². The number of aryl methyl sites for hydroxylation is 1. The van der Waals surface area contributed by atoms with E-state index >= 15 is 0 Å². The van der Waals surface area contributed by atoms with E-state index in [0.717, 1.165) is 19.7 Å². The third kappa shape index (κ3) is 5.33. The van der Waals surface area contributed by atoms with Gasteiger partial charge in [-0.1, -0.05) is 45.0 Å². The highest BCUT2D eigenvalue weighted by molar-refractivity contribution is 5.30. The summed E-state index contributed by atoms with van der Waals surface area (Å²) in [5, 5.41) is 3.59. The van der Waals surface area contributed by atoms with Crippen LogP contribution in [0.15, 0.2) is 24.3 Å². The summed E-state index contributed by atoms with van der Waals surface area (Å²) in [6.07, 6.45) is 0. The van der Waals surface area contributed by atoms with E-state index < -0.39 is 0 Å². The molecule has 1 aromatic carbocycles. The molecule has 0 heterocycles. The van der Waals surface area contributed by atoms with Crippen molar-refractivity contribution in [2.75, 3.05) is 26.8 Å². The van der Waals surface area contributed by atoms with Gasteiger partial charge >= 0.3 is 0 Å². The molecule has 1 aromatic rings. The van der Waals surface area contributed by atoms with Crippen LogP contribution in [0.3, 0.4) is 0 Å². The first-order chi connectivity index (χ1) is 9.06. The molecule has 2 unspecified atom stereocenters. The summed E-state index contributed by atoms with van der Waals surface area (Å²) in [5.74, 6) is 1.72. The second-order valence-electron chi connectivity index (χ2n) is 5.95. The quantitative estimate of drug-likeness (QED) is 0.773. The minimum Gasteiger partial charge on any atom is -0.384 e. The number of hydrogen-bond acceptors (Lipinski definition) is 2. The van der Waals surface area contributed by atoms with Crippen molar-refractivity contribution in [3.63, 3.8) is 0 Å². The average Bonchev–Trinajstić information content (AvgIpc) is 2.36. The monoisotopic (exact) mass is 263 g/mol. The molecule has 0 bridgehead atoms. The lowest BCUT2D eigenvalue weighted by atomic mass is 9.85. The Morgan fingerprint density at radius 2 is 1.79 bits per heavy atom. The maximum Gasteiger partial charge on any atom is 0.0494 e. The van der Waals surface area contributed by atoms with Crippen LogP contribution in [-0.2, 0) is 4.74 Å². The van der Waals surface area contributed by atoms with Crippen LogP contribution in [0.4, 0.5) is 0 Å². The molecule has 108 valence electrons. The molecule has 2 heteroatoms. The number of benzene rings is 1. The molecule has 0 fully saturated rings. The van der Waals surface area contributed by atoms with E-state index in [1.54, 1.807) is 7.11 Å². The Hall–Kier alpha value is -0.860. The Balaban J connectivity index is 2.77. The van der Waals surface area contributed by atoms with Crippen molar-refractivity contribution in [1.82, 2.24) is 5.32 Å². The van der Waals surface area contributed by atoms with E-state index in [4.69, 9.17) is 4.74 Å². The molecular formula is C17H29NO. The zero-order valence-electron chi connectivity index (χ0n) is 13.1. The molecule has 0 aromatic heterocycles. The highest BCUT2D eigenvalue weighted by Gasteiger charge is 2.20. The van der Waals surface area contributed by atoms with Gasteiger partial charge in [-0.05, 0) is 36.4 Å². The summed E-state index contributed by atoms with van der Waals surface area (Å²) in [6, 6.07) is 8.70. The highest BCUT2D eigenvalue weighted by Crippen LogP contribution is 2.27. The van der Waals surface area contributed by atoms with Gasteiger partial charge in [0.2, 0.25) is 0 Å². The van der Waals surface area contributed by atoms with E-state index in [2.05, 4.69) is 57.3 Å². The van der Waals surface area contributed by atoms with Crippen molar-refractivity contribution in [3.05, 3.63) is 35.4 Å². The molecular weight excluding hydrogens is 234 g/mol. The Morgan fingerprint density at radius 3 is 2.37 bits per heavy atom. The van der Waals surface area contributed by atoms with E-state index in [1.165, 1.54) is 11.1 Å². The predicted octanol–water partition coefficient (Wildman–Crippen LogP) is 3.61. The van der Waals surface area contributed by atoms with Crippen LogP contribution < -0.4 is 5.32 Å². The van der Waals surface area contributed by atoms with E-state index in [1.807, 2.05) is 0 Å². The van der Waals surface area contributed by atoms with Crippen LogP contribution in [0.25, 0.3) is 0 Å². The summed E-state index contributed by atoms with van der Waals surface area (Å²) in [5.41, 5.74) is 2.82. The lowest BCUT2D eigenvalue weighted by molar-refractivity contribution is 0.145. The fourth-order valence-electron chi connectivity index (χ4n) is 2.53. The minimum absolute atomic E-state index is 0.514. The second-order valence-corrected chi connectivity index (χ2v) is 5.95. The van der Waals surface area contributed by atoms with Crippen molar-refractivity contribution in [1.29, 1.82) is 0 Å². The van der Waals surface area contributed by atoms with Crippen LogP contribution in [0.1, 0.15) is 37.8 Å². The smallest absolute Gasteiger partial charge is 0.0494 e. The van der Waals surface area contributed by atoms with Crippen LogP contribution in [-0.4, -0.2) is 26.8 Å². The van der Waals surface area contributed by atoms with E-state index in [-0.39, 0.29) is 0 Å². The third-order valence-electron chi connectivity index (χ3n) is 3.62. The molecule has 0 aliphatic rings. The van der Waals surface area contributed by atoms with Gasteiger partial charge in [-0.2, -0.15) is 0 Å². The lowest BCUT2D eigenvalue weighted by Crippen LogP contribution is -2.30. The first-order valence-corrected chi connectivity index (χ1v) is 7.31. The number of methoxy groups -OCH3 is 1. The highest BCUT2D eigenvalue weighted by atomic mass is 16.5. The topological polar surface area (TPSA) is 21.3 Å². The summed E-state index contributed by atoms with van der Waals surface area (Å²) < 4.78 is 5.35. The number of hydrogen-bond donors (Lipinski definition) is 1. The summed E-state index contributed by atoms with van der Waals surface area (Å²) in [6.45, 7) is 11.9. The third-order valence-corrected chi connectivity index (χ3v) is 3.62. The number of nitrogens with one attached hydrogen (secondary N) is 1. The second kappa shape index (κ2) is 8.34. The first kappa shape index (κ1) is 16.2. The molecule has 2 nitrogen and oxygen atoms in total. The zero-order valence-corrected chi connectivity index (χ0v) is 13.1. The van der Waals surface area contributed by atoms with Crippen LogP contribution in [0, 0.1) is 18.8 Å². The Morgan fingerprint density at radius 1 is 1.11 bits per heavy atom. The zero-order chi connectivity index (χ0) is 14.3. The van der Waals surface area contributed by atoms with Crippen molar-refractivity contribution in [2.45, 2.75) is 33.6 Å². The number of ether oxygens (including phenoxy) is 1. The fraction of sp³-hybridized carbons (Fsp3) is 0.647. The predicted molar refractivity (Wildman–Crippen MR) is 82.7 cm³/mol. The maximum atomic E-state index is 5.35. The Bertz CT molecular complexity index is 362. The molecule has 0 saturated heterocycles. The van der Waals surface area contributed by atoms with Crippen molar-refractivity contribution in [2.24, 2.45) is 11.8 Å². The van der Waals surface area contributed by atoms with Gasteiger partial charge in [0.25, 0.3) is 0 Å². The molecule has 1 N–H and O–H groups in total. The van der Waals surface area contributed by atoms with E-state index in [9.17, 15) is 0 Å². The Labute approximate surface area is 118 Å². The van der Waals surface area contributed by atoms with Gasteiger partial charge in [-0.25, -0.2) is 0 Å². The Kier molecular flexibility index (Phi) is 7.11. The summed E-state index contributed by atoms with van der Waals surface area (Å²) >= 11 is 0. The average molecular weight is 263 g/mol. The molecule has 0 aliphatic heterocycles. The van der Waals surface area contributed by atoms with E-state index in [0.29, 0.717) is 17.8 Å². The molecule has 2 atom stereocenters.